The predicted molar refractivity (Wildman–Crippen MR) is 116 cm³/mol. The van der Waals surface area contributed by atoms with Crippen molar-refractivity contribution >= 4 is 29.2 Å². The van der Waals surface area contributed by atoms with Crippen LogP contribution in [-0.2, 0) is 14.3 Å². The van der Waals surface area contributed by atoms with E-state index in [0.29, 0.717) is 35.5 Å². The Balaban J connectivity index is 1.93. The number of Topliss-reactive ketones (excluding diaryl/α,β-unsaturated/α-hetero) is 1. The molecule has 1 fully saturated rings. The molecule has 2 atom stereocenters. The average molecular weight is 431 g/mol. The van der Waals surface area contributed by atoms with Crippen LogP contribution in [0.2, 0.25) is 0 Å². The summed E-state index contributed by atoms with van der Waals surface area (Å²) in [5, 5.41) is 14.8. The number of benzene rings is 1. The van der Waals surface area contributed by atoms with Crippen molar-refractivity contribution in [3.63, 3.8) is 0 Å². The lowest BCUT2D eigenvalue weighted by Crippen LogP contribution is -2.29. The highest BCUT2D eigenvalue weighted by atomic mass is 32.2. The van der Waals surface area contributed by atoms with Crippen molar-refractivity contribution in [3.8, 4) is 0 Å². The number of nitro groups is 1. The van der Waals surface area contributed by atoms with Gasteiger partial charge in [-0.2, -0.15) is 11.8 Å². The Kier molecular flexibility index (Phi) is 7.31. The van der Waals surface area contributed by atoms with Crippen molar-refractivity contribution < 1.29 is 19.2 Å². The average Bonchev–Trinajstić information content (AvgIpc) is 2.72. The molecule has 7 nitrogen and oxygen atoms in total. The fraction of sp³-hybridized carbons (Fsp3) is 0.455. The number of carbonyl (C=O) groups excluding carboxylic acids is 2. The molecule has 3 rings (SSSR count). The van der Waals surface area contributed by atoms with E-state index in [4.69, 9.17) is 4.74 Å². The monoisotopic (exact) mass is 430 g/mol. The third-order valence-electron chi connectivity index (χ3n) is 5.24. The number of nitrogens with one attached hydrogen (secondary N) is 1. The molecule has 30 heavy (non-hydrogen) atoms. The van der Waals surface area contributed by atoms with Gasteiger partial charge in [0.2, 0.25) is 0 Å². The van der Waals surface area contributed by atoms with Crippen molar-refractivity contribution in [1.82, 2.24) is 5.32 Å². The van der Waals surface area contributed by atoms with Gasteiger partial charge in [0, 0.05) is 53.3 Å². The van der Waals surface area contributed by atoms with Gasteiger partial charge in [-0.05, 0) is 32.3 Å². The van der Waals surface area contributed by atoms with Crippen LogP contribution in [0.15, 0.2) is 47.3 Å². The predicted octanol–water partition coefficient (Wildman–Crippen LogP) is 4.25. The Labute approximate surface area is 180 Å². The van der Waals surface area contributed by atoms with Gasteiger partial charge in [0.05, 0.1) is 17.1 Å². The van der Waals surface area contributed by atoms with Crippen LogP contribution in [0.5, 0.6) is 0 Å². The molecule has 2 unspecified atom stereocenters. The molecule has 1 N–H and O–H groups in total. The van der Waals surface area contributed by atoms with E-state index in [1.165, 1.54) is 12.1 Å². The number of ketones is 1. The van der Waals surface area contributed by atoms with Crippen molar-refractivity contribution in [2.24, 2.45) is 0 Å². The molecular formula is C22H26N2O5S. The molecule has 1 aromatic rings. The number of esters is 1. The van der Waals surface area contributed by atoms with Crippen LogP contribution in [0.4, 0.5) is 5.69 Å². The molecule has 1 aliphatic carbocycles. The Morgan fingerprint density at radius 1 is 1.40 bits per heavy atom. The number of hydrogen-bond acceptors (Lipinski definition) is 7. The summed E-state index contributed by atoms with van der Waals surface area (Å²) in [5.74, 6) is -0.0299. The molecular weight excluding hydrogens is 404 g/mol. The number of nitro benzene ring substituents is 1. The maximum Gasteiger partial charge on any atom is 0.336 e. The standard InChI is InChI=1S/C22H26N2O5S/c1-3-29-22(26)21-19(15-6-4-7-16(11-15)24(27)28)10-14(2)23-20(21)13-30-18-9-5-8-17(25)12-18/h4,6-7,10-11,18-19,23H,3,5,8-9,12-13H2,1-2H3. The van der Waals surface area contributed by atoms with Gasteiger partial charge in [0.25, 0.3) is 5.69 Å². The number of ether oxygens (including phenoxy) is 1. The third kappa shape index (κ3) is 5.30. The molecule has 0 spiro atoms. The number of dihydropyridines is 1. The zero-order valence-electron chi connectivity index (χ0n) is 17.2. The SMILES string of the molecule is CCOC(=O)C1=C(CSC2CCCC(=O)C2)NC(C)=CC1c1cccc([N+](=O)[O-])c1. The minimum absolute atomic E-state index is 0.0167. The Morgan fingerprint density at radius 3 is 2.90 bits per heavy atom. The first-order valence-electron chi connectivity index (χ1n) is 10.1. The van der Waals surface area contributed by atoms with Crippen LogP contribution in [0.1, 0.15) is 51.0 Å². The summed E-state index contributed by atoms with van der Waals surface area (Å²) < 4.78 is 5.32. The van der Waals surface area contributed by atoms with Gasteiger partial charge in [-0.25, -0.2) is 4.79 Å². The molecule has 0 bridgehead atoms. The molecule has 1 heterocycles. The Hall–Kier alpha value is -2.61. The van der Waals surface area contributed by atoms with Crippen LogP contribution in [0, 0.1) is 10.1 Å². The number of rotatable bonds is 7. The van der Waals surface area contributed by atoms with Gasteiger partial charge in [-0.3, -0.25) is 14.9 Å². The highest BCUT2D eigenvalue weighted by molar-refractivity contribution is 8.00. The second kappa shape index (κ2) is 9.93. The van der Waals surface area contributed by atoms with Crippen LogP contribution in [0.25, 0.3) is 0 Å². The molecule has 0 radical (unpaired) electrons. The molecule has 1 aromatic carbocycles. The van der Waals surface area contributed by atoms with Gasteiger partial charge in [0.1, 0.15) is 5.78 Å². The van der Waals surface area contributed by atoms with E-state index in [-0.39, 0.29) is 17.5 Å². The summed E-state index contributed by atoms with van der Waals surface area (Å²) in [4.78, 5) is 35.4. The van der Waals surface area contributed by atoms with Gasteiger partial charge in [-0.15, -0.1) is 0 Å². The van der Waals surface area contributed by atoms with Crippen LogP contribution in [0.3, 0.4) is 0 Å². The van der Waals surface area contributed by atoms with Crippen molar-refractivity contribution in [3.05, 3.63) is 63.0 Å². The second-order valence-electron chi connectivity index (χ2n) is 7.49. The van der Waals surface area contributed by atoms with E-state index in [9.17, 15) is 19.7 Å². The lowest BCUT2D eigenvalue weighted by atomic mass is 9.86. The molecule has 160 valence electrons. The second-order valence-corrected chi connectivity index (χ2v) is 8.77. The van der Waals surface area contributed by atoms with Gasteiger partial charge < -0.3 is 10.1 Å². The highest BCUT2D eigenvalue weighted by Gasteiger charge is 2.31. The van der Waals surface area contributed by atoms with Crippen molar-refractivity contribution in [2.45, 2.75) is 50.7 Å². The minimum atomic E-state index is -0.439. The first-order valence-corrected chi connectivity index (χ1v) is 11.2. The van der Waals surface area contributed by atoms with E-state index in [1.807, 2.05) is 13.0 Å². The largest absolute Gasteiger partial charge is 0.463 e. The fourth-order valence-corrected chi connectivity index (χ4v) is 5.13. The van der Waals surface area contributed by atoms with E-state index < -0.39 is 16.8 Å². The first-order chi connectivity index (χ1) is 14.4. The lowest BCUT2D eigenvalue weighted by molar-refractivity contribution is -0.384. The zero-order valence-corrected chi connectivity index (χ0v) is 18.0. The van der Waals surface area contributed by atoms with Gasteiger partial charge in [0.15, 0.2) is 0 Å². The number of nitrogens with zero attached hydrogens (tertiary/aromatic N) is 1. The summed E-state index contributed by atoms with van der Waals surface area (Å²) in [7, 11) is 0. The van der Waals surface area contributed by atoms with E-state index in [0.717, 1.165) is 24.2 Å². The van der Waals surface area contributed by atoms with Crippen LogP contribution >= 0.6 is 11.8 Å². The van der Waals surface area contributed by atoms with Gasteiger partial charge in [-0.1, -0.05) is 18.2 Å². The Morgan fingerprint density at radius 2 is 2.20 bits per heavy atom. The maximum atomic E-state index is 12.9. The molecule has 0 aromatic heterocycles. The first kappa shape index (κ1) is 22.1. The lowest BCUT2D eigenvalue weighted by Gasteiger charge is -2.28. The van der Waals surface area contributed by atoms with Crippen LogP contribution in [-0.4, -0.2) is 34.3 Å². The maximum absolute atomic E-state index is 12.9. The Bertz CT molecular complexity index is 909. The third-order valence-corrected chi connectivity index (χ3v) is 6.57. The molecule has 8 heteroatoms. The summed E-state index contributed by atoms with van der Waals surface area (Å²) >= 11 is 1.67. The molecule has 1 aliphatic heterocycles. The zero-order chi connectivity index (χ0) is 21.7. The summed E-state index contributed by atoms with van der Waals surface area (Å²) in [6.45, 7) is 3.89. The summed E-state index contributed by atoms with van der Waals surface area (Å²) in [5.41, 5.74) is 2.74. The van der Waals surface area contributed by atoms with E-state index in [1.54, 1.807) is 30.8 Å². The summed E-state index contributed by atoms with van der Waals surface area (Å²) in [6, 6.07) is 6.36. The molecule has 0 saturated heterocycles. The van der Waals surface area contributed by atoms with E-state index in [2.05, 4.69) is 5.32 Å². The normalized spacial score (nSPS) is 21.7. The number of thioether (sulfide) groups is 1. The quantitative estimate of drug-likeness (QED) is 0.392. The van der Waals surface area contributed by atoms with E-state index >= 15 is 0 Å². The fourth-order valence-electron chi connectivity index (χ4n) is 3.86. The van der Waals surface area contributed by atoms with Crippen molar-refractivity contribution in [2.75, 3.05) is 12.4 Å². The molecule has 2 aliphatic rings. The number of hydrogen-bond donors (Lipinski definition) is 1. The van der Waals surface area contributed by atoms with Crippen LogP contribution < -0.4 is 5.32 Å². The minimum Gasteiger partial charge on any atom is -0.463 e. The smallest absolute Gasteiger partial charge is 0.336 e. The molecule has 1 saturated carbocycles. The summed E-state index contributed by atoms with van der Waals surface area (Å²) in [6.07, 6.45) is 5.01. The number of allylic oxidation sites excluding steroid dienone is 2. The topological polar surface area (TPSA) is 98.5 Å². The van der Waals surface area contributed by atoms with Gasteiger partial charge >= 0.3 is 5.97 Å². The van der Waals surface area contributed by atoms with Crippen molar-refractivity contribution in [1.29, 1.82) is 0 Å². The molecule has 0 amide bonds. The number of non-ortho nitro benzene ring substituents is 1. The highest BCUT2D eigenvalue weighted by Crippen LogP contribution is 2.36. The number of carbonyl (C=O) groups is 2.